The minimum atomic E-state index is 0. The third-order valence-corrected chi connectivity index (χ3v) is 5.06. The van der Waals surface area contributed by atoms with Gasteiger partial charge in [0.2, 0.25) is 5.91 Å². The highest BCUT2D eigenvalue weighted by atomic mass is 127. The Morgan fingerprint density at radius 2 is 1.73 bits per heavy atom. The van der Waals surface area contributed by atoms with Crippen molar-refractivity contribution in [3.63, 3.8) is 0 Å². The average molecular weight is 480 g/mol. The fourth-order valence-corrected chi connectivity index (χ4v) is 3.53. The molecule has 26 heavy (non-hydrogen) atoms. The Labute approximate surface area is 176 Å². The first-order valence-corrected chi connectivity index (χ1v) is 9.73. The van der Waals surface area contributed by atoms with Crippen LogP contribution in [0.25, 0.3) is 0 Å². The van der Waals surface area contributed by atoms with Crippen molar-refractivity contribution in [1.82, 2.24) is 15.1 Å². The first kappa shape index (κ1) is 23.5. The molecule has 0 radical (unpaired) electrons. The van der Waals surface area contributed by atoms with Gasteiger partial charge in [0.1, 0.15) is 0 Å². The largest absolute Gasteiger partial charge is 0.378 e. The van der Waals surface area contributed by atoms with Gasteiger partial charge in [-0.1, -0.05) is 20.8 Å². The molecule has 0 atom stereocenters. The number of morpholine rings is 1. The third-order valence-electron chi connectivity index (χ3n) is 5.06. The second kappa shape index (κ2) is 11.3. The zero-order chi connectivity index (χ0) is 18.3. The predicted octanol–water partition coefficient (Wildman–Crippen LogP) is 2.58. The molecule has 2 fully saturated rings. The maximum Gasteiger partial charge on any atom is 0.225 e. The first-order chi connectivity index (χ1) is 11.9. The third kappa shape index (κ3) is 7.58. The monoisotopic (exact) mass is 480 g/mol. The van der Waals surface area contributed by atoms with E-state index in [9.17, 15) is 4.79 Å². The van der Waals surface area contributed by atoms with Gasteiger partial charge in [-0.3, -0.25) is 9.79 Å². The molecule has 1 N–H and O–H groups in total. The molecule has 2 rings (SSSR count). The number of hydrogen-bond donors (Lipinski definition) is 1. The standard InChI is InChI=1S/C19H36N4O2.HI/c1-19(2,3)8-5-9-21-18(20-4)23-10-6-16(7-11-23)17(24)22-12-14-25-15-13-22;/h16H,5-15H2,1-4H3,(H,20,21);1H. The number of rotatable bonds is 4. The summed E-state index contributed by atoms with van der Waals surface area (Å²) < 4.78 is 5.34. The van der Waals surface area contributed by atoms with Gasteiger partial charge in [-0.25, -0.2) is 0 Å². The second-order valence-corrected chi connectivity index (χ2v) is 8.34. The Bertz CT molecular complexity index is 451. The number of halogens is 1. The van der Waals surface area contributed by atoms with Gasteiger partial charge in [-0.2, -0.15) is 0 Å². The van der Waals surface area contributed by atoms with Crippen molar-refractivity contribution in [2.24, 2.45) is 16.3 Å². The molecule has 2 aliphatic rings. The van der Waals surface area contributed by atoms with Crippen LogP contribution in [0, 0.1) is 11.3 Å². The zero-order valence-corrected chi connectivity index (χ0v) is 19.3. The molecule has 0 aromatic rings. The van der Waals surface area contributed by atoms with Crippen LogP contribution >= 0.6 is 24.0 Å². The molecule has 2 heterocycles. The van der Waals surface area contributed by atoms with E-state index in [0.29, 0.717) is 24.5 Å². The number of carbonyl (C=O) groups excluding carboxylic acids is 1. The summed E-state index contributed by atoms with van der Waals surface area (Å²) in [4.78, 5) is 21.3. The number of hydrogen-bond acceptors (Lipinski definition) is 3. The summed E-state index contributed by atoms with van der Waals surface area (Å²) in [5.74, 6) is 1.45. The summed E-state index contributed by atoms with van der Waals surface area (Å²) in [6.45, 7) is 12.4. The Hall–Kier alpha value is -0.570. The van der Waals surface area contributed by atoms with Crippen LogP contribution in [-0.4, -0.2) is 74.7 Å². The summed E-state index contributed by atoms with van der Waals surface area (Å²) in [5.41, 5.74) is 0.378. The minimum Gasteiger partial charge on any atom is -0.378 e. The number of guanidine groups is 1. The van der Waals surface area contributed by atoms with E-state index in [1.165, 1.54) is 6.42 Å². The molecule has 0 aliphatic carbocycles. The summed E-state index contributed by atoms with van der Waals surface area (Å²) in [7, 11) is 1.84. The second-order valence-electron chi connectivity index (χ2n) is 8.34. The zero-order valence-electron chi connectivity index (χ0n) is 16.9. The molecule has 0 spiro atoms. The topological polar surface area (TPSA) is 57.2 Å². The number of ether oxygens (including phenoxy) is 1. The highest BCUT2D eigenvalue weighted by Crippen LogP contribution is 2.21. The molecule has 0 unspecified atom stereocenters. The van der Waals surface area contributed by atoms with Crippen LogP contribution < -0.4 is 5.32 Å². The van der Waals surface area contributed by atoms with Gasteiger partial charge in [0.25, 0.3) is 0 Å². The number of likely N-dealkylation sites (tertiary alicyclic amines) is 1. The van der Waals surface area contributed by atoms with E-state index in [0.717, 1.165) is 57.9 Å². The number of nitrogens with one attached hydrogen (secondary N) is 1. The van der Waals surface area contributed by atoms with Crippen LogP contribution in [-0.2, 0) is 9.53 Å². The van der Waals surface area contributed by atoms with Gasteiger partial charge in [0.15, 0.2) is 5.96 Å². The van der Waals surface area contributed by atoms with Crippen molar-refractivity contribution in [3.8, 4) is 0 Å². The fraction of sp³-hybridized carbons (Fsp3) is 0.895. The number of piperidine rings is 1. The Kier molecular flexibility index (Phi) is 10.2. The van der Waals surface area contributed by atoms with Gasteiger partial charge in [-0.15, -0.1) is 24.0 Å². The smallest absolute Gasteiger partial charge is 0.225 e. The van der Waals surface area contributed by atoms with Crippen LogP contribution in [0.3, 0.4) is 0 Å². The highest BCUT2D eigenvalue weighted by molar-refractivity contribution is 14.0. The van der Waals surface area contributed by atoms with Crippen molar-refractivity contribution in [2.75, 3.05) is 53.0 Å². The lowest BCUT2D eigenvalue weighted by molar-refractivity contribution is -0.140. The molecule has 6 nitrogen and oxygen atoms in total. The fourth-order valence-electron chi connectivity index (χ4n) is 3.53. The van der Waals surface area contributed by atoms with Crippen molar-refractivity contribution >= 4 is 35.8 Å². The van der Waals surface area contributed by atoms with E-state index >= 15 is 0 Å². The molecule has 7 heteroatoms. The van der Waals surface area contributed by atoms with Gasteiger partial charge in [0.05, 0.1) is 13.2 Å². The summed E-state index contributed by atoms with van der Waals surface area (Å²) >= 11 is 0. The van der Waals surface area contributed by atoms with Crippen molar-refractivity contribution < 1.29 is 9.53 Å². The molecule has 2 aliphatic heterocycles. The van der Waals surface area contributed by atoms with Crippen molar-refractivity contribution in [2.45, 2.75) is 46.5 Å². The molecular formula is C19H37IN4O2. The predicted molar refractivity (Wildman–Crippen MR) is 117 cm³/mol. The number of amides is 1. The van der Waals surface area contributed by atoms with E-state index in [1.54, 1.807) is 0 Å². The van der Waals surface area contributed by atoms with Gasteiger partial charge in [0, 0.05) is 45.7 Å². The maximum absolute atomic E-state index is 12.6. The van der Waals surface area contributed by atoms with Crippen LogP contribution in [0.15, 0.2) is 4.99 Å². The van der Waals surface area contributed by atoms with Crippen LogP contribution in [0.2, 0.25) is 0 Å². The lowest BCUT2D eigenvalue weighted by atomic mass is 9.91. The van der Waals surface area contributed by atoms with Crippen LogP contribution in [0.5, 0.6) is 0 Å². The average Bonchev–Trinajstić information content (AvgIpc) is 2.61. The minimum absolute atomic E-state index is 0. The molecule has 152 valence electrons. The first-order valence-electron chi connectivity index (χ1n) is 9.73. The molecule has 0 saturated carbocycles. The SMILES string of the molecule is CN=C(NCCCC(C)(C)C)N1CCC(C(=O)N2CCOCC2)CC1.I. The van der Waals surface area contributed by atoms with Gasteiger partial charge in [-0.05, 0) is 31.1 Å². The molecule has 0 aromatic heterocycles. The molecular weight excluding hydrogens is 443 g/mol. The molecule has 0 bridgehead atoms. The van der Waals surface area contributed by atoms with E-state index in [1.807, 2.05) is 11.9 Å². The Morgan fingerprint density at radius 3 is 2.27 bits per heavy atom. The molecule has 2 saturated heterocycles. The van der Waals surface area contributed by atoms with E-state index in [4.69, 9.17) is 4.74 Å². The summed E-state index contributed by atoms with van der Waals surface area (Å²) in [6, 6.07) is 0. The van der Waals surface area contributed by atoms with Crippen LogP contribution in [0.4, 0.5) is 0 Å². The van der Waals surface area contributed by atoms with E-state index in [2.05, 4.69) is 36.0 Å². The maximum atomic E-state index is 12.6. The Morgan fingerprint density at radius 1 is 1.12 bits per heavy atom. The number of carbonyl (C=O) groups is 1. The van der Waals surface area contributed by atoms with E-state index in [-0.39, 0.29) is 29.9 Å². The van der Waals surface area contributed by atoms with Crippen molar-refractivity contribution in [1.29, 1.82) is 0 Å². The number of nitrogens with zero attached hydrogens (tertiary/aromatic N) is 3. The highest BCUT2D eigenvalue weighted by Gasteiger charge is 2.30. The van der Waals surface area contributed by atoms with E-state index < -0.39 is 0 Å². The molecule has 0 aromatic carbocycles. The quantitative estimate of drug-likeness (QED) is 0.291. The van der Waals surface area contributed by atoms with Crippen LogP contribution in [0.1, 0.15) is 46.5 Å². The Balaban J connectivity index is 0.00000338. The lowest BCUT2D eigenvalue weighted by Crippen LogP contribution is -2.50. The normalized spacial score (nSPS) is 19.9. The molecule has 1 amide bonds. The van der Waals surface area contributed by atoms with Gasteiger partial charge >= 0.3 is 0 Å². The summed E-state index contributed by atoms with van der Waals surface area (Å²) in [6.07, 6.45) is 4.18. The lowest BCUT2D eigenvalue weighted by Gasteiger charge is -2.36. The van der Waals surface area contributed by atoms with Gasteiger partial charge < -0.3 is 19.9 Å². The number of aliphatic imine (C=N–C) groups is 1. The van der Waals surface area contributed by atoms with Crippen molar-refractivity contribution in [3.05, 3.63) is 0 Å². The summed E-state index contributed by atoms with van der Waals surface area (Å²) in [5, 5.41) is 3.48.